The highest BCUT2D eigenvalue weighted by Crippen LogP contribution is 2.14. The molecule has 0 spiro atoms. The minimum atomic E-state index is 0.158. The number of carbonyl (C=O) groups is 1. The monoisotopic (exact) mass is 322 g/mol. The van der Waals surface area contributed by atoms with E-state index in [1.807, 2.05) is 36.1 Å². The van der Waals surface area contributed by atoms with Crippen LogP contribution in [0.3, 0.4) is 0 Å². The summed E-state index contributed by atoms with van der Waals surface area (Å²) in [5, 5.41) is 0. The summed E-state index contributed by atoms with van der Waals surface area (Å²) in [6.45, 7) is 7.85. The third-order valence-electron chi connectivity index (χ3n) is 4.90. The van der Waals surface area contributed by atoms with E-state index in [1.165, 1.54) is 11.1 Å². The summed E-state index contributed by atoms with van der Waals surface area (Å²) in [5.74, 6) is 0.158. The molecule has 0 radical (unpaired) electrons. The van der Waals surface area contributed by atoms with Crippen molar-refractivity contribution >= 4 is 5.91 Å². The van der Waals surface area contributed by atoms with E-state index in [-0.39, 0.29) is 5.91 Å². The van der Waals surface area contributed by atoms with Gasteiger partial charge in [-0.1, -0.05) is 48.0 Å². The van der Waals surface area contributed by atoms with Gasteiger partial charge < -0.3 is 4.90 Å². The van der Waals surface area contributed by atoms with Crippen LogP contribution in [-0.2, 0) is 6.42 Å². The van der Waals surface area contributed by atoms with Crippen molar-refractivity contribution in [1.82, 2.24) is 9.80 Å². The van der Waals surface area contributed by atoms with Crippen LogP contribution in [0.5, 0.6) is 0 Å². The molecule has 3 rings (SSSR count). The summed E-state index contributed by atoms with van der Waals surface area (Å²) < 4.78 is 0. The van der Waals surface area contributed by atoms with Crippen molar-refractivity contribution in [3.63, 3.8) is 0 Å². The summed E-state index contributed by atoms with van der Waals surface area (Å²) in [4.78, 5) is 17.1. The average Bonchev–Trinajstić information content (AvgIpc) is 2.63. The first-order chi connectivity index (χ1) is 11.6. The number of rotatable bonds is 4. The van der Waals surface area contributed by atoms with Gasteiger partial charge in [-0.2, -0.15) is 0 Å². The molecule has 1 aliphatic heterocycles. The molecule has 1 atom stereocenters. The fourth-order valence-electron chi connectivity index (χ4n) is 3.33. The van der Waals surface area contributed by atoms with E-state index < -0.39 is 0 Å². The van der Waals surface area contributed by atoms with Crippen LogP contribution in [0.4, 0.5) is 0 Å². The van der Waals surface area contributed by atoms with E-state index in [1.54, 1.807) is 0 Å². The zero-order chi connectivity index (χ0) is 16.9. The second-order valence-electron chi connectivity index (χ2n) is 6.73. The first-order valence-corrected chi connectivity index (χ1v) is 8.77. The molecule has 2 aromatic rings. The Labute approximate surface area is 144 Å². The molecule has 1 saturated heterocycles. The second kappa shape index (κ2) is 7.63. The van der Waals surface area contributed by atoms with Gasteiger partial charge >= 0.3 is 0 Å². The maximum atomic E-state index is 12.6. The van der Waals surface area contributed by atoms with Gasteiger partial charge in [0, 0.05) is 37.8 Å². The summed E-state index contributed by atoms with van der Waals surface area (Å²) in [7, 11) is 0. The molecular formula is C21H26N2O. The molecule has 126 valence electrons. The molecule has 1 heterocycles. The summed E-state index contributed by atoms with van der Waals surface area (Å²) in [6, 6.07) is 19.0. The minimum Gasteiger partial charge on any atom is -0.336 e. The van der Waals surface area contributed by atoms with E-state index in [9.17, 15) is 4.79 Å². The molecule has 0 saturated carbocycles. The maximum Gasteiger partial charge on any atom is 0.253 e. The lowest BCUT2D eigenvalue weighted by molar-refractivity contribution is 0.0582. The molecular weight excluding hydrogens is 296 g/mol. The third kappa shape index (κ3) is 4.04. The number of hydrogen-bond acceptors (Lipinski definition) is 2. The van der Waals surface area contributed by atoms with Crippen LogP contribution in [0.15, 0.2) is 54.6 Å². The van der Waals surface area contributed by atoms with Crippen LogP contribution in [0.2, 0.25) is 0 Å². The van der Waals surface area contributed by atoms with Crippen molar-refractivity contribution in [2.24, 2.45) is 0 Å². The van der Waals surface area contributed by atoms with Gasteiger partial charge in [-0.3, -0.25) is 9.69 Å². The van der Waals surface area contributed by atoms with Crippen molar-refractivity contribution in [2.75, 3.05) is 26.2 Å². The fourth-order valence-corrected chi connectivity index (χ4v) is 3.33. The normalized spacial score (nSPS) is 16.8. The number of benzene rings is 2. The van der Waals surface area contributed by atoms with Gasteiger partial charge in [0.2, 0.25) is 0 Å². The van der Waals surface area contributed by atoms with Crippen LogP contribution in [0.1, 0.15) is 28.4 Å². The molecule has 0 aromatic heterocycles. The second-order valence-corrected chi connectivity index (χ2v) is 6.73. The van der Waals surface area contributed by atoms with Crippen LogP contribution in [0, 0.1) is 6.92 Å². The molecule has 1 fully saturated rings. The first kappa shape index (κ1) is 16.7. The zero-order valence-electron chi connectivity index (χ0n) is 14.6. The molecule has 0 bridgehead atoms. The number of nitrogens with zero attached hydrogens (tertiary/aromatic N) is 2. The van der Waals surface area contributed by atoms with Gasteiger partial charge in [0.1, 0.15) is 0 Å². The highest BCUT2D eigenvalue weighted by molar-refractivity contribution is 5.94. The number of piperazine rings is 1. The lowest BCUT2D eigenvalue weighted by Crippen LogP contribution is -2.51. The van der Waals surface area contributed by atoms with Crippen molar-refractivity contribution in [3.8, 4) is 0 Å². The molecule has 24 heavy (non-hydrogen) atoms. The zero-order valence-corrected chi connectivity index (χ0v) is 14.6. The SMILES string of the molecule is Cc1ccc(C(=O)N2CCN(C(C)Cc3ccccc3)CC2)cc1. The molecule has 1 amide bonds. The topological polar surface area (TPSA) is 23.6 Å². The highest BCUT2D eigenvalue weighted by atomic mass is 16.2. The van der Waals surface area contributed by atoms with Crippen LogP contribution in [0.25, 0.3) is 0 Å². The first-order valence-electron chi connectivity index (χ1n) is 8.77. The predicted octanol–water partition coefficient (Wildman–Crippen LogP) is 3.38. The van der Waals surface area contributed by atoms with Crippen molar-refractivity contribution < 1.29 is 4.79 Å². The van der Waals surface area contributed by atoms with Gasteiger partial charge in [-0.15, -0.1) is 0 Å². The van der Waals surface area contributed by atoms with E-state index >= 15 is 0 Å². The number of aryl methyl sites for hydroxylation is 1. The Kier molecular flexibility index (Phi) is 5.31. The standard InChI is InChI=1S/C21H26N2O/c1-17-8-10-20(11-9-17)21(24)23-14-12-22(13-15-23)18(2)16-19-6-4-3-5-7-19/h3-11,18H,12-16H2,1-2H3. The van der Waals surface area contributed by atoms with Gasteiger partial charge in [-0.05, 0) is 38.0 Å². The van der Waals surface area contributed by atoms with Crippen LogP contribution >= 0.6 is 0 Å². The minimum absolute atomic E-state index is 0.158. The molecule has 1 unspecified atom stereocenters. The Hall–Kier alpha value is -2.13. The third-order valence-corrected chi connectivity index (χ3v) is 4.90. The van der Waals surface area contributed by atoms with Crippen LogP contribution < -0.4 is 0 Å². The Morgan fingerprint density at radius 1 is 0.958 bits per heavy atom. The van der Waals surface area contributed by atoms with Gasteiger partial charge in [0.05, 0.1) is 0 Å². The lowest BCUT2D eigenvalue weighted by atomic mass is 10.1. The highest BCUT2D eigenvalue weighted by Gasteiger charge is 2.24. The molecule has 3 heteroatoms. The van der Waals surface area contributed by atoms with E-state index in [0.717, 1.165) is 38.2 Å². The predicted molar refractivity (Wildman–Crippen MR) is 98.3 cm³/mol. The largest absolute Gasteiger partial charge is 0.336 e. The summed E-state index contributed by atoms with van der Waals surface area (Å²) >= 11 is 0. The molecule has 1 aliphatic rings. The Morgan fingerprint density at radius 2 is 1.58 bits per heavy atom. The molecule has 3 nitrogen and oxygen atoms in total. The Bertz CT molecular complexity index is 658. The summed E-state index contributed by atoms with van der Waals surface area (Å²) in [5.41, 5.74) is 3.36. The Balaban J connectivity index is 1.53. The van der Waals surface area contributed by atoms with Crippen molar-refractivity contribution in [3.05, 3.63) is 71.3 Å². The average molecular weight is 322 g/mol. The van der Waals surface area contributed by atoms with E-state index in [2.05, 4.69) is 42.2 Å². The number of amides is 1. The molecule has 0 N–H and O–H groups in total. The Morgan fingerprint density at radius 3 is 2.21 bits per heavy atom. The quantitative estimate of drug-likeness (QED) is 0.861. The van der Waals surface area contributed by atoms with E-state index in [0.29, 0.717) is 6.04 Å². The number of hydrogen-bond donors (Lipinski definition) is 0. The lowest BCUT2D eigenvalue weighted by Gasteiger charge is -2.38. The van der Waals surface area contributed by atoms with Crippen LogP contribution in [-0.4, -0.2) is 47.9 Å². The fraction of sp³-hybridized carbons (Fsp3) is 0.381. The van der Waals surface area contributed by atoms with Gasteiger partial charge in [0.25, 0.3) is 5.91 Å². The summed E-state index contributed by atoms with van der Waals surface area (Å²) in [6.07, 6.45) is 1.06. The molecule has 2 aromatic carbocycles. The maximum absolute atomic E-state index is 12.6. The van der Waals surface area contributed by atoms with Crippen molar-refractivity contribution in [1.29, 1.82) is 0 Å². The molecule has 0 aliphatic carbocycles. The van der Waals surface area contributed by atoms with Gasteiger partial charge in [0.15, 0.2) is 0 Å². The number of carbonyl (C=O) groups excluding carboxylic acids is 1. The smallest absolute Gasteiger partial charge is 0.253 e. The van der Waals surface area contributed by atoms with E-state index in [4.69, 9.17) is 0 Å². The van der Waals surface area contributed by atoms with Crippen molar-refractivity contribution in [2.45, 2.75) is 26.3 Å². The van der Waals surface area contributed by atoms with Gasteiger partial charge in [-0.25, -0.2) is 0 Å².